The number of fused-ring (bicyclic) bond motifs is 1. The van der Waals surface area contributed by atoms with Crippen LogP contribution in [0.25, 0.3) is 11.0 Å². The van der Waals surface area contributed by atoms with Crippen LogP contribution in [-0.2, 0) is 16.0 Å². The van der Waals surface area contributed by atoms with Crippen molar-refractivity contribution in [2.45, 2.75) is 52.2 Å². The number of nitrogens with two attached hydrogens (primary N) is 1. The van der Waals surface area contributed by atoms with Crippen molar-refractivity contribution in [1.29, 1.82) is 0 Å². The maximum atomic E-state index is 12.8. The van der Waals surface area contributed by atoms with Crippen LogP contribution in [0.3, 0.4) is 0 Å². The Labute approximate surface area is 157 Å². The normalized spacial score (nSPS) is 17.9. The average Bonchev–Trinajstić information content (AvgIpc) is 3.10. The Morgan fingerprint density at radius 2 is 2.11 bits per heavy atom. The Morgan fingerprint density at radius 3 is 2.78 bits per heavy atom. The van der Waals surface area contributed by atoms with E-state index in [1.165, 1.54) is 11.0 Å². The molecule has 1 aromatic carbocycles. The third kappa shape index (κ3) is 3.67. The second kappa shape index (κ2) is 7.42. The SMILES string of the molecule is CCc1cc2c(C)cc(=O)oc2cc1OC(C)C(=O)N1CCCC1C(N)=O. The van der Waals surface area contributed by atoms with E-state index >= 15 is 0 Å². The Balaban J connectivity index is 1.90. The number of nitrogens with zero attached hydrogens (tertiary/aromatic N) is 1. The molecule has 2 unspecified atom stereocenters. The van der Waals surface area contributed by atoms with Gasteiger partial charge in [0.05, 0.1) is 0 Å². The van der Waals surface area contributed by atoms with Gasteiger partial charge >= 0.3 is 5.63 Å². The molecule has 1 aliphatic rings. The Morgan fingerprint density at radius 1 is 1.37 bits per heavy atom. The van der Waals surface area contributed by atoms with Crippen LogP contribution < -0.4 is 16.1 Å². The number of aryl methyl sites for hydroxylation is 2. The second-order valence-electron chi connectivity index (χ2n) is 6.91. The first-order chi connectivity index (χ1) is 12.8. The minimum atomic E-state index is -0.788. The van der Waals surface area contributed by atoms with Crippen LogP contribution in [0.1, 0.15) is 37.8 Å². The highest BCUT2D eigenvalue weighted by atomic mass is 16.5. The van der Waals surface area contributed by atoms with Gasteiger partial charge in [-0.05, 0) is 50.3 Å². The molecular weight excluding hydrogens is 348 g/mol. The monoisotopic (exact) mass is 372 g/mol. The summed E-state index contributed by atoms with van der Waals surface area (Å²) in [5.41, 5.74) is 7.12. The van der Waals surface area contributed by atoms with E-state index in [4.69, 9.17) is 14.9 Å². The minimum Gasteiger partial charge on any atom is -0.480 e. The molecule has 27 heavy (non-hydrogen) atoms. The third-order valence-corrected chi connectivity index (χ3v) is 5.03. The van der Waals surface area contributed by atoms with Crippen LogP contribution in [0.2, 0.25) is 0 Å². The molecule has 2 atom stereocenters. The molecular formula is C20H24N2O5. The fourth-order valence-corrected chi connectivity index (χ4v) is 3.58. The van der Waals surface area contributed by atoms with Crippen LogP contribution in [-0.4, -0.2) is 35.4 Å². The van der Waals surface area contributed by atoms with Gasteiger partial charge in [0.15, 0.2) is 6.10 Å². The number of ether oxygens (including phenoxy) is 1. The van der Waals surface area contributed by atoms with Crippen LogP contribution >= 0.6 is 0 Å². The van der Waals surface area contributed by atoms with Gasteiger partial charge in [0, 0.05) is 24.1 Å². The lowest BCUT2D eigenvalue weighted by Crippen LogP contribution is -2.48. The number of carbonyl (C=O) groups is 2. The van der Waals surface area contributed by atoms with Crippen molar-refractivity contribution in [3.8, 4) is 5.75 Å². The van der Waals surface area contributed by atoms with Gasteiger partial charge in [-0.25, -0.2) is 4.79 Å². The summed E-state index contributed by atoms with van der Waals surface area (Å²) in [6.45, 7) is 5.97. The fourth-order valence-electron chi connectivity index (χ4n) is 3.58. The number of hydrogen-bond acceptors (Lipinski definition) is 5. The molecule has 0 saturated carbocycles. The number of likely N-dealkylation sites (tertiary alicyclic amines) is 1. The Bertz CT molecular complexity index is 949. The van der Waals surface area contributed by atoms with E-state index in [1.807, 2.05) is 19.9 Å². The van der Waals surface area contributed by atoms with Crippen molar-refractivity contribution in [1.82, 2.24) is 4.90 Å². The highest BCUT2D eigenvalue weighted by Crippen LogP contribution is 2.29. The van der Waals surface area contributed by atoms with Gasteiger partial charge in [-0.1, -0.05) is 6.92 Å². The van der Waals surface area contributed by atoms with Crippen molar-refractivity contribution in [2.24, 2.45) is 5.73 Å². The van der Waals surface area contributed by atoms with E-state index in [9.17, 15) is 14.4 Å². The van der Waals surface area contributed by atoms with Crippen molar-refractivity contribution in [3.63, 3.8) is 0 Å². The predicted octanol–water partition coefficient (Wildman–Crippen LogP) is 1.91. The Kier molecular flexibility index (Phi) is 5.21. The van der Waals surface area contributed by atoms with E-state index < -0.39 is 23.7 Å². The van der Waals surface area contributed by atoms with Gasteiger partial charge in [-0.15, -0.1) is 0 Å². The summed E-state index contributed by atoms with van der Waals surface area (Å²) < 4.78 is 11.2. The second-order valence-corrected chi connectivity index (χ2v) is 6.91. The molecule has 2 aromatic rings. The smallest absolute Gasteiger partial charge is 0.336 e. The number of primary amides is 1. The quantitative estimate of drug-likeness (QED) is 0.808. The van der Waals surface area contributed by atoms with Gasteiger partial charge in [0.1, 0.15) is 17.4 Å². The largest absolute Gasteiger partial charge is 0.480 e. The summed E-state index contributed by atoms with van der Waals surface area (Å²) >= 11 is 0. The molecule has 1 fully saturated rings. The number of amides is 2. The molecule has 0 aliphatic carbocycles. The lowest BCUT2D eigenvalue weighted by atomic mass is 10.1. The zero-order valence-electron chi connectivity index (χ0n) is 15.8. The molecule has 0 bridgehead atoms. The lowest BCUT2D eigenvalue weighted by Gasteiger charge is -2.26. The van der Waals surface area contributed by atoms with Crippen LogP contribution in [0, 0.1) is 6.92 Å². The molecule has 7 heteroatoms. The molecule has 0 spiro atoms. The summed E-state index contributed by atoms with van der Waals surface area (Å²) in [5, 5.41) is 0.839. The summed E-state index contributed by atoms with van der Waals surface area (Å²) in [4.78, 5) is 37.5. The summed E-state index contributed by atoms with van der Waals surface area (Å²) in [7, 11) is 0. The molecule has 2 N–H and O–H groups in total. The average molecular weight is 372 g/mol. The van der Waals surface area contributed by atoms with Crippen LogP contribution in [0.5, 0.6) is 5.75 Å². The van der Waals surface area contributed by atoms with Crippen molar-refractivity contribution in [3.05, 3.63) is 39.7 Å². The van der Waals surface area contributed by atoms with E-state index in [1.54, 1.807) is 13.0 Å². The third-order valence-electron chi connectivity index (χ3n) is 5.03. The van der Waals surface area contributed by atoms with Gasteiger partial charge in [0.25, 0.3) is 5.91 Å². The molecule has 2 heterocycles. The van der Waals surface area contributed by atoms with Crippen molar-refractivity contribution < 1.29 is 18.7 Å². The first kappa shape index (κ1) is 18.9. The van der Waals surface area contributed by atoms with E-state index in [2.05, 4.69) is 0 Å². The summed E-state index contributed by atoms with van der Waals surface area (Å²) in [6, 6.07) is 4.45. The molecule has 1 saturated heterocycles. The molecule has 2 amide bonds. The molecule has 0 radical (unpaired) electrons. The van der Waals surface area contributed by atoms with E-state index in [0.717, 1.165) is 22.9 Å². The fraction of sp³-hybridized carbons (Fsp3) is 0.450. The highest BCUT2D eigenvalue weighted by molar-refractivity contribution is 5.89. The van der Waals surface area contributed by atoms with Gasteiger partial charge in [0.2, 0.25) is 5.91 Å². The van der Waals surface area contributed by atoms with E-state index in [0.29, 0.717) is 30.7 Å². The molecule has 7 nitrogen and oxygen atoms in total. The minimum absolute atomic E-state index is 0.274. The molecule has 3 rings (SSSR count). The standard InChI is InChI=1S/C20H24N2O5/c1-4-13-9-14-11(2)8-18(23)27-17(14)10-16(13)26-12(3)20(25)22-7-5-6-15(22)19(21)24/h8-10,12,15H,4-7H2,1-3H3,(H2,21,24). The first-order valence-corrected chi connectivity index (χ1v) is 9.15. The van der Waals surface area contributed by atoms with Gasteiger partial charge in [-0.2, -0.15) is 0 Å². The summed E-state index contributed by atoms with van der Waals surface area (Å²) in [6.07, 6.45) is 1.23. The number of hydrogen-bond donors (Lipinski definition) is 1. The van der Waals surface area contributed by atoms with Gasteiger partial charge in [-0.3, -0.25) is 9.59 Å². The van der Waals surface area contributed by atoms with Crippen molar-refractivity contribution >= 4 is 22.8 Å². The number of rotatable bonds is 5. The lowest BCUT2D eigenvalue weighted by molar-refractivity contribution is -0.142. The molecule has 1 aliphatic heterocycles. The number of carbonyl (C=O) groups excluding carboxylic acids is 2. The topological polar surface area (TPSA) is 103 Å². The maximum Gasteiger partial charge on any atom is 0.336 e. The maximum absolute atomic E-state index is 12.8. The zero-order chi connectivity index (χ0) is 19.7. The molecule has 144 valence electrons. The molecule has 1 aromatic heterocycles. The Hall–Kier alpha value is -2.83. The van der Waals surface area contributed by atoms with Crippen LogP contribution in [0.4, 0.5) is 0 Å². The number of benzene rings is 1. The predicted molar refractivity (Wildman–Crippen MR) is 101 cm³/mol. The first-order valence-electron chi connectivity index (χ1n) is 9.15. The van der Waals surface area contributed by atoms with Crippen molar-refractivity contribution in [2.75, 3.05) is 6.54 Å². The zero-order valence-corrected chi connectivity index (χ0v) is 15.8. The highest BCUT2D eigenvalue weighted by Gasteiger charge is 2.35. The van der Waals surface area contributed by atoms with E-state index in [-0.39, 0.29) is 5.91 Å². The summed E-state index contributed by atoms with van der Waals surface area (Å²) in [5.74, 6) is -0.274. The van der Waals surface area contributed by atoms with Gasteiger partial charge < -0.3 is 19.8 Å². The van der Waals surface area contributed by atoms with Crippen LogP contribution in [0.15, 0.2) is 27.4 Å².